The summed E-state index contributed by atoms with van der Waals surface area (Å²) in [5.41, 5.74) is -8.47. The van der Waals surface area contributed by atoms with Crippen LogP contribution in [-0.4, -0.2) is 23.9 Å². The van der Waals surface area contributed by atoms with E-state index in [2.05, 4.69) is 9.47 Å². The molecule has 0 amide bonds. The second kappa shape index (κ2) is 5.90. The fraction of sp³-hybridized carbons (Fsp3) is 0.111. The van der Waals surface area contributed by atoms with Gasteiger partial charge in [-0.3, -0.25) is 0 Å². The van der Waals surface area contributed by atoms with Crippen molar-refractivity contribution in [1.29, 1.82) is 0 Å². The number of rotatable bonds is 1. The molecule has 12 heteroatoms. The molecule has 0 fully saturated rings. The van der Waals surface area contributed by atoms with Gasteiger partial charge in [0.05, 0.1) is 33.4 Å². The van der Waals surface area contributed by atoms with Crippen LogP contribution in [0.15, 0.2) is 24.3 Å². The fourth-order valence-electron chi connectivity index (χ4n) is 3.18. The maximum Gasteiger partial charge on any atom is 0.417 e. The van der Waals surface area contributed by atoms with Gasteiger partial charge in [-0.2, -0.15) is 26.3 Å². The summed E-state index contributed by atoms with van der Waals surface area (Å²) >= 11 is 0. The minimum Gasteiger partial charge on any atom is -0.386 e. The van der Waals surface area contributed by atoms with Gasteiger partial charge in [-0.25, -0.2) is 19.2 Å². The second-order valence-corrected chi connectivity index (χ2v) is 6.24. The van der Waals surface area contributed by atoms with Gasteiger partial charge in [0.25, 0.3) is 0 Å². The molecule has 0 bridgehead atoms. The lowest BCUT2D eigenvalue weighted by Crippen LogP contribution is -2.14. The molecule has 0 unspecified atom stereocenters. The van der Waals surface area contributed by atoms with E-state index < -0.39 is 80.7 Å². The summed E-state index contributed by atoms with van der Waals surface area (Å²) in [5.74, 6) is -5.44. The largest absolute Gasteiger partial charge is 0.417 e. The van der Waals surface area contributed by atoms with Crippen LogP contribution in [-0.2, 0) is 21.8 Å². The Bertz CT molecular complexity index is 1100. The van der Waals surface area contributed by atoms with Gasteiger partial charge in [0.2, 0.25) is 0 Å². The predicted octanol–water partition coefficient (Wildman–Crippen LogP) is 4.01. The fourth-order valence-corrected chi connectivity index (χ4v) is 3.18. The van der Waals surface area contributed by atoms with E-state index in [1.165, 1.54) is 0 Å². The van der Waals surface area contributed by atoms with Crippen LogP contribution in [0.25, 0.3) is 11.1 Å². The molecule has 30 heavy (non-hydrogen) atoms. The molecule has 0 spiro atoms. The molecule has 2 aromatic rings. The second-order valence-electron chi connectivity index (χ2n) is 6.24. The van der Waals surface area contributed by atoms with Crippen LogP contribution in [0.2, 0.25) is 0 Å². The highest BCUT2D eigenvalue weighted by atomic mass is 19.4. The molecule has 0 saturated carbocycles. The number of carbonyl (C=O) groups is 4. The topological polar surface area (TPSA) is 86.7 Å². The molecule has 0 aliphatic carbocycles. The lowest BCUT2D eigenvalue weighted by atomic mass is 9.88. The number of cyclic esters (lactones) is 4. The summed E-state index contributed by atoms with van der Waals surface area (Å²) in [6.45, 7) is 0. The minimum atomic E-state index is -5.24. The van der Waals surface area contributed by atoms with Gasteiger partial charge < -0.3 is 9.47 Å². The van der Waals surface area contributed by atoms with E-state index in [0.717, 1.165) is 0 Å². The molecule has 2 heterocycles. The zero-order valence-electron chi connectivity index (χ0n) is 14.0. The molecule has 2 aliphatic heterocycles. The van der Waals surface area contributed by atoms with Gasteiger partial charge in [-0.1, -0.05) is 0 Å². The number of alkyl halides is 6. The van der Waals surface area contributed by atoms with E-state index in [4.69, 9.17) is 0 Å². The monoisotopic (exact) mass is 430 g/mol. The van der Waals surface area contributed by atoms with Crippen LogP contribution < -0.4 is 0 Å². The zero-order chi connectivity index (χ0) is 22.2. The number of fused-ring (bicyclic) bond motifs is 2. The van der Waals surface area contributed by atoms with Gasteiger partial charge in [-0.15, -0.1) is 0 Å². The number of ether oxygens (including phenoxy) is 2. The smallest absolute Gasteiger partial charge is 0.386 e. The van der Waals surface area contributed by atoms with Crippen molar-refractivity contribution in [3.8, 4) is 11.1 Å². The molecule has 2 aliphatic rings. The van der Waals surface area contributed by atoms with Crippen LogP contribution in [0.4, 0.5) is 26.3 Å². The molecule has 0 atom stereocenters. The summed E-state index contributed by atoms with van der Waals surface area (Å²) in [5, 5.41) is 0. The van der Waals surface area contributed by atoms with Crippen molar-refractivity contribution in [2.75, 3.05) is 0 Å². The number of carbonyl (C=O) groups excluding carboxylic acids is 4. The van der Waals surface area contributed by atoms with E-state index in [-0.39, 0.29) is 12.1 Å². The maximum atomic E-state index is 13.6. The predicted molar refractivity (Wildman–Crippen MR) is 81.4 cm³/mol. The number of halogens is 6. The highest BCUT2D eigenvalue weighted by Gasteiger charge is 2.44. The van der Waals surface area contributed by atoms with Crippen LogP contribution in [0.1, 0.15) is 52.6 Å². The van der Waals surface area contributed by atoms with E-state index in [1.54, 1.807) is 0 Å². The van der Waals surface area contributed by atoms with Crippen molar-refractivity contribution in [2.24, 2.45) is 0 Å². The molecule has 0 saturated heterocycles. The van der Waals surface area contributed by atoms with E-state index in [0.29, 0.717) is 12.1 Å². The van der Waals surface area contributed by atoms with Gasteiger partial charge >= 0.3 is 36.2 Å². The molecular formula is C18H4F6O6. The first-order valence-electron chi connectivity index (χ1n) is 7.83. The molecule has 4 rings (SSSR count). The standard InChI is InChI=1S/C18H4F6O6/c19-17(20,21)11-3-9-7(13(25)29-15(9)27)1-5(11)6-2-8-10(16(28)30-14(8)26)4-12(6)18(22,23)24/h1-4H. The maximum absolute atomic E-state index is 13.6. The summed E-state index contributed by atoms with van der Waals surface area (Å²) in [4.78, 5) is 46.6. The Labute approximate surface area is 161 Å². The minimum absolute atomic E-state index is 0.203. The third-order valence-electron chi connectivity index (χ3n) is 4.47. The van der Waals surface area contributed by atoms with Gasteiger partial charge in [-0.05, 0) is 35.4 Å². The average molecular weight is 430 g/mol. The Morgan fingerprint density at radius 2 is 0.733 bits per heavy atom. The Morgan fingerprint density at radius 1 is 0.467 bits per heavy atom. The number of esters is 4. The summed E-state index contributed by atoms with van der Waals surface area (Å²) in [6.07, 6.45) is -10.5. The number of benzene rings is 2. The van der Waals surface area contributed by atoms with Gasteiger partial charge in [0.15, 0.2) is 0 Å². The lowest BCUT2D eigenvalue weighted by Gasteiger charge is -2.18. The van der Waals surface area contributed by atoms with E-state index in [1.807, 2.05) is 0 Å². The lowest BCUT2D eigenvalue weighted by molar-refractivity contribution is -0.139. The summed E-state index contributed by atoms with van der Waals surface area (Å²) in [7, 11) is 0. The Kier molecular flexibility index (Phi) is 3.86. The summed E-state index contributed by atoms with van der Waals surface area (Å²) in [6, 6.07) is 1.28. The van der Waals surface area contributed by atoms with Crippen LogP contribution >= 0.6 is 0 Å². The first kappa shape index (κ1) is 19.6. The Morgan fingerprint density at radius 3 is 1.00 bits per heavy atom. The summed E-state index contributed by atoms with van der Waals surface area (Å²) < 4.78 is 90.0. The quantitative estimate of drug-likeness (QED) is 0.386. The molecule has 0 aromatic heterocycles. The first-order valence-corrected chi connectivity index (χ1v) is 7.83. The van der Waals surface area contributed by atoms with Gasteiger partial charge in [0.1, 0.15) is 0 Å². The molecule has 6 nitrogen and oxygen atoms in total. The molecule has 2 aromatic carbocycles. The van der Waals surface area contributed by atoms with E-state index in [9.17, 15) is 45.5 Å². The Hall–Kier alpha value is -3.70. The third-order valence-corrected chi connectivity index (χ3v) is 4.47. The van der Waals surface area contributed by atoms with Crippen molar-refractivity contribution in [1.82, 2.24) is 0 Å². The average Bonchev–Trinajstić information content (AvgIpc) is 3.07. The van der Waals surface area contributed by atoms with Crippen LogP contribution in [0.3, 0.4) is 0 Å². The van der Waals surface area contributed by atoms with Crippen molar-refractivity contribution >= 4 is 23.9 Å². The van der Waals surface area contributed by atoms with Crippen molar-refractivity contribution < 1.29 is 55.0 Å². The van der Waals surface area contributed by atoms with Crippen molar-refractivity contribution in [2.45, 2.75) is 12.4 Å². The van der Waals surface area contributed by atoms with Crippen LogP contribution in [0, 0.1) is 0 Å². The highest BCUT2D eigenvalue weighted by Crippen LogP contribution is 2.46. The molecule has 154 valence electrons. The van der Waals surface area contributed by atoms with E-state index >= 15 is 0 Å². The molecular weight excluding hydrogens is 426 g/mol. The highest BCUT2D eigenvalue weighted by molar-refractivity contribution is 6.17. The molecule has 0 N–H and O–H groups in total. The van der Waals surface area contributed by atoms with Crippen molar-refractivity contribution in [3.63, 3.8) is 0 Å². The SMILES string of the molecule is O=C1OC(=O)c2cc(C(F)(F)F)c(-c3cc4c(cc3C(F)(F)F)C(=O)OC4=O)cc21. The number of hydrogen-bond donors (Lipinski definition) is 0. The zero-order valence-corrected chi connectivity index (χ0v) is 14.0. The Balaban J connectivity index is 2.11. The number of hydrogen-bond acceptors (Lipinski definition) is 6. The van der Waals surface area contributed by atoms with Gasteiger partial charge in [0, 0.05) is 0 Å². The van der Waals surface area contributed by atoms with Crippen LogP contribution in [0.5, 0.6) is 0 Å². The molecule has 0 radical (unpaired) electrons. The normalized spacial score (nSPS) is 15.8. The van der Waals surface area contributed by atoms with Crippen molar-refractivity contribution in [3.05, 3.63) is 57.6 Å². The third kappa shape index (κ3) is 2.83. The first-order chi connectivity index (χ1) is 13.8.